The average Bonchev–Trinajstić information content (AvgIpc) is 3.69. The maximum absolute atomic E-state index is 13.9. The maximum atomic E-state index is 13.9. The molecule has 13 nitrogen and oxygen atoms in total. The maximum Gasteiger partial charge on any atom is 0.345 e. The van der Waals surface area contributed by atoms with Crippen LogP contribution >= 0.6 is 23.2 Å². The van der Waals surface area contributed by atoms with Gasteiger partial charge in [0.2, 0.25) is 0 Å². The van der Waals surface area contributed by atoms with E-state index in [-0.39, 0.29) is 40.6 Å². The minimum absolute atomic E-state index is 0.0521. The van der Waals surface area contributed by atoms with Gasteiger partial charge in [0, 0.05) is 41.0 Å². The summed E-state index contributed by atoms with van der Waals surface area (Å²) in [6.45, 7) is 4.82. The fourth-order valence-corrected chi connectivity index (χ4v) is 7.56. The molecule has 46 heavy (non-hydrogen) atoms. The van der Waals surface area contributed by atoms with Gasteiger partial charge in [0.05, 0.1) is 48.4 Å². The first-order valence-electron chi connectivity index (χ1n) is 15.8. The Balaban J connectivity index is 1.18. The van der Waals surface area contributed by atoms with Crippen molar-refractivity contribution >= 4 is 28.9 Å². The van der Waals surface area contributed by atoms with E-state index in [0.717, 1.165) is 57.4 Å². The van der Waals surface area contributed by atoms with Gasteiger partial charge in [-0.05, 0) is 68.8 Å². The number of hydrazine groups is 1. The fourth-order valence-electron chi connectivity index (χ4n) is 7.27. The van der Waals surface area contributed by atoms with Gasteiger partial charge in [0.1, 0.15) is 0 Å². The van der Waals surface area contributed by atoms with Gasteiger partial charge >= 0.3 is 5.69 Å². The molecular weight excluding hydrogens is 629 g/mol. The van der Waals surface area contributed by atoms with Crippen molar-refractivity contribution < 1.29 is 0 Å². The molecule has 0 spiro atoms. The van der Waals surface area contributed by atoms with Gasteiger partial charge in [-0.1, -0.05) is 41.8 Å². The molecule has 0 aliphatic carbocycles. The summed E-state index contributed by atoms with van der Waals surface area (Å²) in [4.78, 5) is 36.9. The summed E-state index contributed by atoms with van der Waals surface area (Å²) in [5, 5.41) is 18.5. The third-order valence-electron chi connectivity index (χ3n) is 9.60. The Labute approximate surface area is 275 Å². The first kappa shape index (κ1) is 31.0. The molecule has 0 radical (unpaired) electrons. The van der Waals surface area contributed by atoms with Crippen molar-refractivity contribution in [2.24, 2.45) is 11.8 Å². The molecule has 0 amide bonds. The lowest BCUT2D eigenvalue weighted by Gasteiger charge is -2.40. The smallest absolute Gasteiger partial charge is 0.312 e. The zero-order chi connectivity index (χ0) is 31.8. The van der Waals surface area contributed by atoms with Gasteiger partial charge in [0.15, 0.2) is 5.15 Å². The predicted molar refractivity (Wildman–Crippen MR) is 176 cm³/mol. The second kappa shape index (κ2) is 13.2. The van der Waals surface area contributed by atoms with Crippen molar-refractivity contribution in [3.8, 4) is 16.9 Å². The van der Waals surface area contributed by atoms with Gasteiger partial charge in [-0.25, -0.2) is 19.9 Å². The summed E-state index contributed by atoms with van der Waals surface area (Å²) in [5.74, 6) is 0.842. The van der Waals surface area contributed by atoms with Crippen molar-refractivity contribution in [1.82, 2.24) is 50.6 Å². The lowest BCUT2D eigenvalue weighted by atomic mass is 9.80. The van der Waals surface area contributed by atoms with Gasteiger partial charge in [-0.3, -0.25) is 9.36 Å². The van der Waals surface area contributed by atoms with Crippen LogP contribution in [-0.2, 0) is 0 Å². The molecule has 4 N–H and O–H groups in total. The van der Waals surface area contributed by atoms with Crippen LogP contribution in [0.4, 0.5) is 5.69 Å². The van der Waals surface area contributed by atoms with Crippen LogP contribution < -0.4 is 32.3 Å². The highest BCUT2D eigenvalue weighted by Crippen LogP contribution is 2.34. The number of halogens is 2. The van der Waals surface area contributed by atoms with Crippen molar-refractivity contribution in [3.63, 3.8) is 0 Å². The number of piperidine rings is 1. The van der Waals surface area contributed by atoms with E-state index < -0.39 is 0 Å². The zero-order valence-corrected chi connectivity index (χ0v) is 27.0. The highest BCUT2D eigenvalue weighted by Gasteiger charge is 2.41. The van der Waals surface area contributed by atoms with Crippen LogP contribution in [0.1, 0.15) is 45.1 Å². The normalized spacial score (nSPS) is 27.1. The van der Waals surface area contributed by atoms with Crippen LogP contribution in [-0.4, -0.2) is 72.3 Å². The zero-order valence-electron chi connectivity index (χ0n) is 25.4. The number of nitrogens with zero attached hydrogens (tertiary/aromatic N) is 7. The molecule has 242 valence electrons. The molecule has 6 atom stereocenters. The van der Waals surface area contributed by atoms with Gasteiger partial charge in [0.25, 0.3) is 5.56 Å². The van der Waals surface area contributed by atoms with E-state index in [4.69, 9.17) is 28.2 Å². The Hall–Kier alpha value is -3.62. The van der Waals surface area contributed by atoms with E-state index >= 15 is 0 Å². The molecule has 2 bridgehead atoms. The number of hydrogen-bond acceptors (Lipinski definition) is 10. The van der Waals surface area contributed by atoms with E-state index in [9.17, 15) is 9.59 Å². The third-order valence-corrected chi connectivity index (χ3v) is 10.0. The Morgan fingerprint density at radius 3 is 2.70 bits per heavy atom. The summed E-state index contributed by atoms with van der Waals surface area (Å²) in [5.41, 5.74) is 5.93. The lowest BCUT2D eigenvalue weighted by molar-refractivity contribution is 0.177. The Bertz CT molecular complexity index is 1790. The fraction of sp³-hybridized carbons (Fsp3) is 0.484. The SMILES string of the molecule is C[C@@H]1CCC[C@H](n2cnc(-c3cc(Cl)ccc3-n3cc(Cl)nn3)cc2=O)C2CC(CCN2)C2NN(c3cnc(=O)[nH]c3)CC2NC1. The highest BCUT2D eigenvalue weighted by atomic mass is 35.5. The second-order valence-electron chi connectivity index (χ2n) is 12.7. The number of hydrogen-bond donors (Lipinski definition) is 4. The summed E-state index contributed by atoms with van der Waals surface area (Å²) in [6.07, 6.45) is 11.4. The number of rotatable bonds is 4. The summed E-state index contributed by atoms with van der Waals surface area (Å²) in [7, 11) is 0. The predicted octanol–water partition coefficient (Wildman–Crippen LogP) is 2.96. The van der Waals surface area contributed by atoms with E-state index in [0.29, 0.717) is 33.8 Å². The first-order valence-corrected chi connectivity index (χ1v) is 16.6. The topological polar surface area (TPSA) is 151 Å². The molecule has 3 fully saturated rings. The van der Waals surface area contributed by atoms with Crippen LogP contribution in [0.25, 0.3) is 16.9 Å². The van der Waals surface area contributed by atoms with Crippen molar-refractivity contribution in [2.45, 2.75) is 63.2 Å². The molecule has 15 heteroatoms. The molecular formula is C31H37Cl2N11O2. The summed E-state index contributed by atoms with van der Waals surface area (Å²) in [6, 6.07) is 7.39. The standard InChI is InChI=1S/C31H37Cl2N11O2/c1-18-3-2-4-27(42-17-38-23(11-29(42)45)22-10-20(32)5-6-26(22)44-16-28(33)39-41-44)24-9-19(7-8-34-24)30-25(35-12-18)15-43(40-30)21-13-36-31(46)37-14-21/h5-6,10-11,13-14,16-19,24-25,27,30,34-35,40H,2-4,7-9,12,15H2,1H3,(H,36,37,46)/t18-,19?,24?,25?,27+,30?/m1/s1. The Kier molecular flexibility index (Phi) is 8.93. The quantitative estimate of drug-likeness (QED) is 0.256. The summed E-state index contributed by atoms with van der Waals surface area (Å²) >= 11 is 12.4. The monoisotopic (exact) mass is 665 g/mol. The number of anilines is 1. The van der Waals surface area contributed by atoms with E-state index in [1.807, 2.05) is 10.6 Å². The van der Waals surface area contributed by atoms with Crippen LogP contribution in [0.3, 0.4) is 0 Å². The molecule has 7 rings (SSSR count). The Morgan fingerprint density at radius 1 is 1.02 bits per heavy atom. The molecule has 1 aromatic carbocycles. The van der Waals surface area contributed by atoms with Crippen LogP contribution in [0.2, 0.25) is 10.2 Å². The molecule has 0 saturated carbocycles. The molecule has 3 aliphatic rings. The molecule has 3 saturated heterocycles. The van der Waals surface area contributed by atoms with Crippen LogP contribution in [0.5, 0.6) is 0 Å². The first-order chi connectivity index (χ1) is 22.3. The minimum atomic E-state index is -0.362. The summed E-state index contributed by atoms with van der Waals surface area (Å²) < 4.78 is 3.36. The van der Waals surface area contributed by atoms with Crippen molar-refractivity contribution in [2.75, 3.05) is 24.6 Å². The van der Waals surface area contributed by atoms with E-state index in [1.165, 1.54) is 0 Å². The second-order valence-corrected chi connectivity index (χ2v) is 13.5. The van der Waals surface area contributed by atoms with Gasteiger partial charge in [-0.2, -0.15) is 4.98 Å². The number of H-pyrrole nitrogens is 1. The molecule has 6 heterocycles. The number of aromatic nitrogens is 7. The highest BCUT2D eigenvalue weighted by molar-refractivity contribution is 6.31. The molecule has 4 unspecified atom stereocenters. The van der Waals surface area contributed by atoms with E-state index in [1.54, 1.807) is 47.8 Å². The van der Waals surface area contributed by atoms with Gasteiger partial charge in [-0.15, -0.1) is 5.10 Å². The van der Waals surface area contributed by atoms with Crippen molar-refractivity contribution in [3.05, 3.63) is 80.2 Å². The molecule has 3 aromatic heterocycles. The number of fused-ring (bicyclic) bond motifs is 4. The lowest BCUT2D eigenvalue weighted by Crippen LogP contribution is -2.54. The number of nitrogens with one attached hydrogen (secondary N) is 4. The van der Waals surface area contributed by atoms with Gasteiger partial charge < -0.3 is 20.6 Å². The Morgan fingerprint density at radius 2 is 1.91 bits per heavy atom. The minimum Gasteiger partial charge on any atom is -0.312 e. The van der Waals surface area contributed by atoms with Crippen molar-refractivity contribution in [1.29, 1.82) is 0 Å². The van der Waals surface area contributed by atoms with Crippen LogP contribution in [0, 0.1) is 11.8 Å². The third kappa shape index (κ3) is 6.47. The number of benzene rings is 1. The number of aromatic amines is 1. The van der Waals surface area contributed by atoms with E-state index in [2.05, 4.69) is 48.3 Å². The molecule has 4 aromatic rings. The molecule has 3 aliphatic heterocycles. The largest absolute Gasteiger partial charge is 0.345 e. The average molecular weight is 667 g/mol. The van der Waals surface area contributed by atoms with Crippen LogP contribution in [0.15, 0.2) is 58.8 Å².